The standard InChI is InChI=1S/C17H29N3O6/c1-10(19-16(25)26-17(3,4)5)14(22)20-8-6-12(7-9-20)13(21)18-11(2)15(23)24/h10-12H,6-9H2,1-5H3,(H,18,21)(H,19,25)(H,23,24)/t10-,11-/m0/s1. The molecule has 0 aromatic rings. The van der Waals surface area contributed by atoms with E-state index in [1.807, 2.05) is 0 Å². The van der Waals surface area contributed by atoms with Crippen molar-refractivity contribution >= 4 is 23.9 Å². The molecule has 1 fully saturated rings. The molecule has 9 heteroatoms. The normalized spacial score (nSPS) is 17.8. The number of carboxylic acid groups (broad SMARTS) is 1. The van der Waals surface area contributed by atoms with Gasteiger partial charge in [-0.15, -0.1) is 0 Å². The Labute approximate surface area is 153 Å². The third-order valence-electron chi connectivity index (χ3n) is 4.01. The molecule has 9 nitrogen and oxygen atoms in total. The maximum atomic E-state index is 12.4. The predicted molar refractivity (Wildman–Crippen MR) is 93.4 cm³/mol. The molecule has 0 radical (unpaired) electrons. The van der Waals surface area contributed by atoms with Gasteiger partial charge in [-0.2, -0.15) is 0 Å². The zero-order chi connectivity index (χ0) is 20.1. The minimum Gasteiger partial charge on any atom is -0.480 e. The molecule has 26 heavy (non-hydrogen) atoms. The number of piperidine rings is 1. The van der Waals surface area contributed by atoms with Gasteiger partial charge in [0.15, 0.2) is 0 Å². The van der Waals surface area contributed by atoms with Crippen molar-refractivity contribution in [1.29, 1.82) is 0 Å². The summed E-state index contributed by atoms with van der Waals surface area (Å²) in [6, 6.07) is -1.68. The molecule has 0 aromatic carbocycles. The van der Waals surface area contributed by atoms with E-state index in [2.05, 4.69) is 10.6 Å². The maximum absolute atomic E-state index is 12.4. The number of carbonyl (C=O) groups is 4. The lowest BCUT2D eigenvalue weighted by atomic mass is 9.95. The minimum absolute atomic E-state index is 0.242. The molecule has 3 N–H and O–H groups in total. The molecule has 1 aliphatic heterocycles. The van der Waals surface area contributed by atoms with Crippen LogP contribution in [0.5, 0.6) is 0 Å². The Morgan fingerprint density at radius 1 is 1.04 bits per heavy atom. The van der Waals surface area contributed by atoms with Crippen LogP contribution in [0.15, 0.2) is 0 Å². The molecular weight excluding hydrogens is 342 g/mol. The van der Waals surface area contributed by atoms with E-state index in [1.54, 1.807) is 32.6 Å². The fourth-order valence-electron chi connectivity index (χ4n) is 2.57. The average molecular weight is 371 g/mol. The highest BCUT2D eigenvalue weighted by Gasteiger charge is 2.31. The van der Waals surface area contributed by atoms with Crippen molar-refractivity contribution in [3.8, 4) is 0 Å². The molecule has 0 bridgehead atoms. The molecule has 0 aromatic heterocycles. The van der Waals surface area contributed by atoms with Crippen LogP contribution < -0.4 is 10.6 Å². The Kier molecular flexibility index (Phi) is 7.41. The van der Waals surface area contributed by atoms with Gasteiger partial charge in [-0.1, -0.05) is 0 Å². The number of carbonyl (C=O) groups excluding carboxylic acids is 3. The SMILES string of the molecule is C[C@H](NC(=O)C1CCN(C(=O)[C@H](C)NC(=O)OC(C)(C)C)CC1)C(=O)O. The van der Waals surface area contributed by atoms with E-state index in [1.165, 1.54) is 6.92 Å². The van der Waals surface area contributed by atoms with Crippen molar-refractivity contribution in [2.24, 2.45) is 5.92 Å². The highest BCUT2D eigenvalue weighted by Crippen LogP contribution is 2.18. The number of alkyl carbamates (subject to hydrolysis) is 1. The van der Waals surface area contributed by atoms with Crippen LogP contribution in [-0.2, 0) is 19.1 Å². The Morgan fingerprint density at radius 2 is 1.58 bits per heavy atom. The minimum atomic E-state index is -1.09. The third kappa shape index (κ3) is 6.89. The van der Waals surface area contributed by atoms with Crippen LogP contribution in [0.3, 0.4) is 0 Å². The monoisotopic (exact) mass is 371 g/mol. The molecule has 0 aliphatic carbocycles. The van der Waals surface area contributed by atoms with Crippen molar-refractivity contribution < 1.29 is 29.0 Å². The van der Waals surface area contributed by atoms with Gasteiger partial charge in [-0.25, -0.2) is 4.79 Å². The Morgan fingerprint density at radius 3 is 2.04 bits per heavy atom. The summed E-state index contributed by atoms with van der Waals surface area (Å²) in [6.45, 7) is 8.94. The molecule has 148 valence electrons. The number of ether oxygens (including phenoxy) is 1. The second kappa shape index (κ2) is 8.86. The zero-order valence-corrected chi connectivity index (χ0v) is 16.0. The van der Waals surface area contributed by atoms with Gasteiger partial charge in [0, 0.05) is 19.0 Å². The highest BCUT2D eigenvalue weighted by atomic mass is 16.6. The molecule has 1 saturated heterocycles. The van der Waals surface area contributed by atoms with Crippen molar-refractivity contribution in [3.05, 3.63) is 0 Å². The lowest BCUT2D eigenvalue weighted by molar-refractivity contribution is -0.142. The smallest absolute Gasteiger partial charge is 0.408 e. The van der Waals surface area contributed by atoms with E-state index in [4.69, 9.17) is 9.84 Å². The van der Waals surface area contributed by atoms with Crippen LogP contribution >= 0.6 is 0 Å². The summed E-state index contributed by atoms with van der Waals surface area (Å²) in [4.78, 5) is 48.6. The van der Waals surface area contributed by atoms with Gasteiger partial charge in [0.25, 0.3) is 0 Å². The number of carboxylic acids is 1. The topological polar surface area (TPSA) is 125 Å². The van der Waals surface area contributed by atoms with Gasteiger partial charge in [0.05, 0.1) is 0 Å². The molecular formula is C17H29N3O6. The highest BCUT2D eigenvalue weighted by molar-refractivity contribution is 5.87. The van der Waals surface area contributed by atoms with Crippen LogP contribution in [0.1, 0.15) is 47.5 Å². The molecule has 1 rings (SSSR count). The first kappa shape index (κ1) is 21.7. The van der Waals surface area contributed by atoms with E-state index < -0.39 is 29.7 Å². The number of nitrogens with zero attached hydrogens (tertiary/aromatic N) is 1. The summed E-state index contributed by atoms with van der Waals surface area (Å²) >= 11 is 0. The molecule has 1 aliphatic rings. The van der Waals surface area contributed by atoms with Crippen LogP contribution in [-0.4, -0.2) is 64.7 Å². The summed E-state index contributed by atoms with van der Waals surface area (Å²) < 4.78 is 5.13. The summed E-state index contributed by atoms with van der Waals surface area (Å²) in [5.74, 6) is -1.97. The zero-order valence-electron chi connectivity index (χ0n) is 16.0. The molecule has 0 spiro atoms. The molecule has 3 amide bonds. The first-order valence-electron chi connectivity index (χ1n) is 8.72. The van der Waals surface area contributed by atoms with Crippen LogP contribution in [0.4, 0.5) is 4.79 Å². The fourth-order valence-corrected chi connectivity index (χ4v) is 2.57. The summed E-state index contributed by atoms with van der Waals surface area (Å²) in [5, 5.41) is 13.8. The second-order valence-corrected chi connectivity index (χ2v) is 7.54. The lowest BCUT2D eigenvalue weighted by Crippen LogP contribution is -2.51. The van der Waals surface area contributed by atoms with Crippen LogP contribution in [0.25, 0.3) is 0 Å². The maximum Gasteiger partial charge on any atom is 0.408 e. The number of aliphatic carboxylic acids is 1. The summed E-state index contributed by atoms with van der Waals surface area (Å²) in [6.07, 6.45) is 0.238. The predicted octanol–water partition coefficient (Wildman–Crippen LogP) is 0.728. The number of likely N-dealkylation sites (tertiary alicyclic amines) is 1. The number of rotatable bonds is 5. The fraction of sp³-hybridized carbons (Fsp3) is 0.765. The first-order chi connectivity index (χ1) is 11.9. The van der Waals surface area contributed by atoms with Gasteiger partial charge >= 0.3 is 12.1 Å². The van der Waals surface area contributed by atoms with E-state index in [0.29, 0.717) is 25.9 Å². The van der Waals surface area contributed by atoms with Crippen LogP contribution in [0.2, 0.25) is 0 Å². The Bertz CT molecular complexity index is 549. The van der Waals surface area contributed by atoms with Crippen molar-refractivity contribution in [2.75, 3.05) is 13.1 Å². The molecule has 1 heterocycles. The number of hydrogen-bond donors (Lipinski definition) is 3. The second-order valence-electron chi connectivity index (χ2n) is 7.54. The summed E-state index contributed by atoms with van der Waals surface area (Å²) in [5.41, 5.74) is -0.647. The van der Waals surface area contributed by atoms with Crippen molar-refractivity contribution in [2.45, 2.75) is 65.1 Å². The number of hydrogen-bond acceptors (Lipinski definition) is 5. The van der Waals surface area contributed by atoms with E-state index >= 15 is 0 Å². The summed E-state index contributed by atoms with van der Waals surface area (Å²) in [7, 11) is 0. The average Bonchev–Trinajstić information content (AvgIpc) is 2.52. The molecule has 0 saturated carbocycles. The van der Waals surface area contributed by atoms with Gasteiger partial charge in [0.1, 0.15) is 17.7 Å². The largest absolute Gasteiger partial charge is 0.480 e. The van der Waals surface area contributed by atoms with Crippen LogP contribution in [0, 0.1) is 5.92 Å². The number of amides is 3. The molecule has 2 atom stereocenters. The van der Waals surface area contributed by atoms with Crippen molar-refractivity contribution in [3.63, 3.8) is 0 Å². The van der Waals surface area contributed by atoms with E-state index in [-0.39, 0.29) is 17.7 Å². The quantitative estimate of drug-likeness (QED) is 0.654. The number of nitrogens with one attached hydrogen (secondary N) is 2. The van der Waals surface area contributed by atoms with Gasteiger partial charge in [-0.05, 0) is 47.5 Å². The third-order valence-corrected chi connectivity index (χ3v) is 4.01. The van der Waals surface area contributed by atoms with Gasteiger partial charge in [0.2, 0.25) is 11.8 Å². The lowest BCUT2D eigenvalue weighted by Gasteiger charge is -2.33. The van der Waals surface area contributed by atoms with Crippen molar-refractivity contribution in [1.82, 2.24) is 15.5 Å². The van der Waals surface area contributed by atoms with E-state index in [0.717, 1.165) is 0 Å². The van der Waals surface area contributed by atoms with Gasteiger partial charge in [-0.3, -0.25) is 14.4 Å². The Balaban J connectivity index is 2.46. The first-order valence-corrected chi connectivity index (χ1v) is 8.72. The Hall–Kier alpha value is -2.32. The van der Waals surface area contributed by atoms with E-state index in [9.17, 15) is 19.2 Å². The van der Waals surface area contributed by atoms with Gasteiger partial charge < -0.3 is 25.4 Å². The molecule has 0 unspecified atom stereocenters.